The summed E-state index contributed by atoms with van der Waals surface area (Å²) < 4.78 is 0. The Hall–Kier alpha value is -0.470. The first-order chi connectivity index (χ1) is 17.4. The molecule has 0 aliphatic heterocycles. The first kappa shape index (κ1) is 32.7. The van der Waals surface area contributed by atoms with Gasteiger partial charge >= 0.3 is 0 Å². The van der Waals surface area contributed by atoms with Crippen LogP contribution in [0.25, 0.3) is 0 Å². The topological polar surface area (TPSA) is 12.0 Å². The van der Waals surface area contributed by atoms with Gasteiger partial charge in [0.15, 0.2) is 0 Å². The molecule has 8 unspecified atom stereocenters. The standard InChI is InChI=1S/C29H47NS.C4H10.C2H6.H2/c1-7-22(31)9-8-16-29(5,30-6)26-13-12-24-23-11-10-21-19-20(2)14-17-27(21,3)25(23)15-18-28(24,26)4;1-4(2)3;1-2;/h8-9,13,16,20-21,23-25,30-31H,7,10-12,14-15,17-19H2,1-6H3;4H,1-3H3;1-2H3;1H/b16-8-,22-9+;;;. The van der Waals surface area contributed by atoms with Gasteiger partial charge in [0.25, 0.3) is 0 Å². The lowest BCUT2D eigenvalue weighted by atomic mass is 9.44. The van der Waals surface area contributed by atoms with E-state index in [4.69, 9.17) is 0 Å². The molecule has 0 saturated heterocycles. The molecule has 216 valence electrons. The van der Waals surface area contributed by atoms with Gasteiger partial charge in [-0.25, -0.2) is 0 Å². The van der Waals surface area contributed by atoms with Crippen LogP contribution < -0.4 is 5.32 Å². The quantitative estimate of drug-likeness (QED) is 0.204. The number of nitrogens with one attached hydrogen (secondary N) is 1. The van der Waals surface area contributed by atoms with Crippen LogP contribution in [0.15, 0.2) is 34.8 Å². The highest BCUT2D eigenvalue weighted by Gasteiger charge is 2.59. The molecule has 3 saturated carbocycles. The number of likely N-dealkylation sites (N-methyl/N-ethyl adjacent to an activating group) is 1. The summed E-state index contributed by atoms with van der Waals surface area (Å²) in [4.78, 5) is 1.14. The fourth-order valence-electron chi connectivity index (χ4n) is 8.62. The summed E-state index contributed by atoms with van der Waals surface area (Å²) in [5.41, 5.74) is 2.53. The molecule has 0 bridgehead atoms. The summed E-state index contributed by atoms with van der Waals surface area (Å²) in [6.45, 7) is 22.8. The third-order valence-corrected chi connectivity index (χ3v) is 11.1. The molecule has 3 fully saturated rings. The summed E-state index contributed by atoms with van der Waals surface area (Å²) in [6.07, 6.45) is 21.9. The van der Waals surface area contributed by atoms with Crippen LogP contribution in [-0.4, -0.2) is 12.6 Å². The third-order valence-electron chi connectivity index (χ3n) is 10.7. The summed E-state index contributed by atoms with van der Waals surface area (Å²) in [5, 5.41) is 3.69. The lowest BCUT2D eigenvalue weighted by Crippen LogP contribution is -2.55. The number of allylic oxidation sites excluding steroid dienone is 4. The van der Waals surface area contributed by atoms with Crippen LogP contribution in [-0.2, 0) is 0 Å². The van der Waals surface area contributed by atoms with E-state index in [-0.39, 0.29) is 6.97 Å². The Balaban J connectivity index is 0.000000945. The van der Waals surface area contributed by atoms with Crippen molar-refractivity contribution in [1.29, 1.82) is 0 Å². The van der Waals surface area contributed by atoms with Gasteiger partial charge in [0.05, 0.1) is 5.54 Å². The molecule has 4 aliphatic rings. The highest BCUT2D eigenvalue weighted by atomic mass is 32.1. The van der Waals surface area contributed by atoms with Crippen LogP contribution >= 0.6 is 12.6 Å². The average Bonchev–Trinajstić information content (AvgIpc) is 3.23. The molecule has 0 amide bonds. The summed E-state index contributed by atoms with van der Waals surface area (Å²) in [7, 11) is 2.13. The van der Waals surface area contributed by atoms with Crippen molar-refractivity contribution >= 4 is 12.6 Å². The van der Waals surface area contributed by atoms with Crippen molar-refractivity contribution in [3.63, 3.8) is 0 Å². The third kappa shape index (κ3) is 7.00. The Morgan fingerprint density at radius 2 is 1.78 bits per heavy atom. The molecule has 1 N–H and O–H groups in total. The zero-order valence-corrected chi connectivity index (χ0v) is 27.5. The van der Waals surface area contributed by atoms with E-state index in [2.05, 4.69) is 105 Å². The zero-order chi connectivity index (χ0) is 28.0. The second-order valence-electron chi connectivity index (χ2n) is 13.9. The van der Waals surface area contributed by atoms with Crippen molar-refractivity contribution in [1.82, 2.24) is 5.32 Å². The Kier molecular flexibility index (Phi) is 12.2. The van der Waals surface area contributed by atoms with Gasteiger partial charge in [-0.3, -0.25) is 0 Å². The van der Waals surface area contributed by atoms with Crippen molar-refractivity contribution in [2.45, 2.75) is 133 Å². The lowest BCUT2D eigenvalue weighted by Gasteiger charge is -2.61. The van der Waals surface area contributed by atoms with Gasteiger partial charge in [-0.1, -0.05) is 93.0 Å². The van der Waals surface area contributed by atoms with Crippen LogP contribution in [0.1, 0.15) is 128 Å². The van der Waals surface area contributed by atoms with Crippen LogP contribution in [0, 0.1) is 46.3 Å². The molecule has 0 radical (unpaired) electrons. The largest absolute Gasteiger partial charge is 0.308 e. The molecule has 8 atom stereocenters. The fourth-order valence-corrected chi connectivity index (χ4v) is 8.71. The highest BCUT2D eigenvalue weighted by Crippen LogP contribution is 2.67. The minimum absolute atomic E-state index is 0. The number of hydrogen-bond acceptors (Lipinski definition) is 2. The average molecular weight is 532 g/mol. The number of rotatable bonds is 5. The molecule has 0 aromatic heterocycles. The second-order valence-corrected chi connectivity index (χ2v) is 14.5. The maximum absolute atomic E-state index is 4.57. The first-order valence-corrected chi connectivity index (χ1v) is 16.3. The van der Waals surface area contributed by atoms with Gasteiger partial charge in [-0.15, -0.1) is 12.6 Å². The second kappa shape index (κ2) is 13.7. The van der Waals surface area contributed by atoms with E-state index < -0.39 is 0 Å². The van der Waals surface area contributed by atoms with E-state index in [0.29, 0.717) is 10.8 Å². The molecule has 1 nitrogen and oxygen atoms in total. The SMILES string of the molecule is CC.CC(C)C.CC/C(S)=C\C=C/C(C)(NC)C1=CCC2C3CCC4CC(C)CCC4(C)C3CCC12C.[HH]. The van der Waals surface area contributed by atoms with Crippen molar-refractivity contribution < 1.29 is 1.43 Å². The van der Waals surface area contributed by atoms with Gasteiger partial charge in [0.2, 0.25) is 0 Å². The monoisotopic (exact) mass is 531 g/mol. The van der Waals surface area contributed by atoms with Crippen molar-refractivity contribution in [3.8, 4) is 0 Å². The lowest BCUT2D eigenvalue weighted by molar-refractivity contribution is -0.107. The Morgan fingerprint density at radius 1 is 1.14 bits per heavy atom. The fraction of sp³-hybridized carbons (Fsp3) is 0.829. The Labute approximate surface area is 239 Å². The van der Waals surface area contributed by atoms with Crippen molar-refractivity contribution in [2.75, 3.05) is 7.05 Å². The van der Waals surface area contributed by atoms with Crippen molar-refractivity contribution in [2.24, 2.45) is 46.3 Å². The molecule has 0 aromatic carbocycles. The Morgan fingerprint density at radius 3 is 2.38 bits per heavy atom. The molecular weight excluding hydrogens is 466 g/mol. The maximum Gasteiger partial charge on any atom is 0.0557 e. The molecule has 4 aliphatic carbocycles. The summed E-state index contributed by atoms with van der Waals surface area (Å²) in [6, 6.07) is 0. The molecule has 37 heavy (non-hydrogen) atoms. The predicted molar refractivity (Wildman–Crippen MR) is 172 cm³/mol. The van der Waals surface area contributed by atoms with E-state index in [1.54, 1.807) is 5.57 Å². The maximum atomic E-state index is 4.57. The van der Waals surface area contributed by atoms with Crippen LogP contribution in [0.2, 0.25) is 0 Å². The molecule has 0 heterocycles. The number of fused-ring (bicyclic) bond motifs is 5. The summed E-state index contributed by atoms with van der Waals surface area (Å²) >= 11 is 4.57. The van der Waals surface area contributed by atoms with Crippen LogP contribution in [0.3, 0.4) is 0 Å². The number of thiol groups is 1. The van der Waals surface area contributed by atoms with Gasteiger partial charge < -0.3 is 5.32 Å². The molecule has 4 rings (SSSR count). The highest BCUT2D eigenvalue weighted by molar-refractivity contribution is 7.84. The molecular formula is C35H65NS. The van der Waals surface area contributed by atoms with E-state index in [1.165, 1.54) is 51.4 Å². The molecule has 2 heteroatoms. The minimum Gasteiger partial charge on any atom is -0.308 e. The van der Waals surface area contributed by atoms with Gasteiger partial charge in [-0.05, 0) is 122 Å². The normalized spacial score (nSPS) is 38.8. The smallest absolute Gasteiger partial charge is 0.0557 e. The van der Waals surface area contributed by atoms with Gasteiger partial charge in [0.1, 0.15) is 0 Å². The van der Waals surface area contributed by atoms with Gasteiger partial charge in [-0.2, -0.15) is 0 Å². The van der Waals surface area contributed by atoms with E-state index in [9.17, 15) is 0 Å². The van der Waals surface area contributed by atoms with Gasteiger partial charge in [0, 0.05) is 1.43 Å². The van der Waals surface area contributed by atoms with E-state index in [1.807, 2.05) is 13.8 Å². The van der Waals surface area contributed by atoms with Crippen LogP contribution in [0.4, 0.5) is 0 Å². The van der Waals surface area contributed by atoms with E-state index in [0.717, 1.165) is 46.8 Å². The van der Waals surface area contributed by atoms with Crippen LogP contribution in [0.5, 0.6) is 0 Å². The predicted octanol–water partition coefficient (Wildman–Crippen LogP) is 10.9. The first-order valence-electron chi connectivity index (χ1n) is 15.9. The van der Waals surface area contributed by atoms with E-state index >= 15 is 0 Å². The molecule has 0 spiro atoms. The summed E-state index contributed by atoms with van der Waals surface area (Å²) in [5.74, 6) is 5.50. The number of hydrogen-bond donors (Lipinski definition) is 2. The Bertz CT molecular complexity index is 812. The zero-order valence-electron chi connectivity index (χ0n) is 26.6. The van der Waals surface area contributed by atoms with Crippen molar-refractivity contribution in [3.05, 3.63) is 34.8 Å². The minimum atomic E-state index is -0.0734. The molecule has 0 aromatic rings.